The van der Waals surface area contributed by atoms with E-state index in [0.29, 0.717) is 6.61 Å². The maximum Gasteiger partial charge on any atom is 0.405 e. The molecular formula is C15H21F3N4O3. The molecule has 0 saturated carbocycles. The lowest BCUT2D eigenvalue weighted by Gasteiger charge is -2.40. The molecule has 0 bridgehead atoms. The second-order valence-corrected chi connectivity index (χ2v) is 5.80. The van der Waals surface area contributed by atoms with Crippen LogP contribution in [0.2, 0.25) is 0 Å². The Morgan fingerprint density at radius 3 is 2.52 bits per heavy atom. The number of ether oxygens (including phenoxy) is 1. The van der Waals surface area contributed by atoms with Crippen molar-refractivity contribution in [3.8, 4) is 0 Å². The van der Waals surface area contributed by atoms with Crippen LogP contribution >= 0.6 is 0 Å². The summed E-state index contributed by atoms with van der Waals surface area (Å²) in [5, 5.41) is 5.99. The summed E-state index contributed by atoms with van der Waals surface area (Å²) in [5.41, 5.74) is -1.24. The van der Waals surface area contributed by atoms with E-state index in [4.69, 9.17) is 4.74 Å². The maximum atomic E-state index is 12.5. The van der Waals surface area contributed by atoms with E-state index >= 15 is 0 Å². The van der Waals surface area contributed by atoms with Crippen molar-refractivity contribution in [1.82, 2.24) is 20.0 Å². The van der Waals surface area contributed by atoms with E-state index in [1.807, 2.05) is 5.32 Å². The molecule has 2 heterocycles. The highest BCUT2D eigenvalue weighted by Crippen LogP contribution is 2.30. The lowest BCUT2D eigenvalue weighted by molar-refractivity contribution is -0.148. The molecule has 7 nitrogen and oxygen atoms in total. The zero-order chi connectivity index (χ0) is 18.5. The first kappa shape index (κ1) is 19.2. The van der Waals surface area contributed by atoms with Crippen LogP contribution in [0.1, 0.15) is 19.8 Å². The summed E-state index contributed by atoms with van der Waals surface area (Å²) in [7, 11) is 0. The first-order chi connectivity index (χ1) is 11.8. The Hall–Kier alpha value is -2.10. The van der Waals surface area contributed by atoms with Crippen LogP contribution in [0, 0.1) is 0 Å². The molecule has 1 N–H and O–H groups in total. The molecular weight excluding hydrogens is 341 g/mol. The first-order valence-electron chi connectivity index (χ1n) is 7.99. The Balaban J connectivity index is 2.09. The summed E-state index contributed by atoms with van der Waals surface area (Å²) < 4.78 is 43.8. The third kappa shape index (κ3) is 4.71. The van der Waals surface area contributed by atoms with E-state index < -0.39 is 24.2 Å². The van der Waals surface area contributed by atoms with Crippen LogP contribution in [0.3, 0.4) is 0 Å². The lowest BCUT2D eigenvalue weighted by atomic mass is 9.86. The van der Waals surface area contributed by atoms with Gasteiger partial charge in [0.1, 0.15) is 18.7 Å². The topological polar surface area (TPSA) is 76.5 Å². The number of likely N-dealkylation sites (tertiary alicyclic amines) is 1. The Morgan fingerprint density at radius 2 is 2.00 bits per heavy atom. The molecule has 1 aliphatic heterocycles. The molecule has 2 rings (SSSR count). The average molecular weight is 362 g/mol. The molecule has 0 aliphatic carbocycles. The molecule has 0 unspecified atom stereocenters. The molecule has 0 spiro atoms. The number of rotatable bonds is 6. The first-order valence-corrected chi connectivity index (χ1v) is 7.99. The highest BCUT2D eigenvalue weighted by atomic mass is 19.4. The van der Waals surface area contributed by atoms with Gasteiger partial charge in [-0.1, -0.05) is 0 Å². The fourth-order valence-corrected chi connectivity index (χ4v) is 2.83. The number of nitrogens with zero attached hydrogens (tertiary/aromatic N) is 3. The van der Waals surface area contributed by atoms with Gasteiger partial charge in [-0.2, -0.15) is 18.3 Å². The van der Waals surface area contributed by atoms with Crippen molar-refractivity contribution in [2.75, 3.05) is 32.8 Å². The van der Waals surface area contributed by atoms with Gasteiger partial charge in [-0.25, -0.2) is 0 Å². The minimum atomic E-state index is -4.49. The number of aromatic nitrogens is 2. The quantitative estimate of drug-likeness (QED) is 0.816. The molecule has 2 amide bonds. The minimum absolute atomic E-state index is 0.0501. The molecule has 25 heavy (non-hydrogen) atoms. The highest BCUT2D eigenvalue weighted by Gasteiger charge is 2.45. The van der Waals surface area contributed by atoms with Crippen molar-refractivity contribution in [3.05, 3.63) is 18.5 Å². The molecule has 1 fully saturated rings. The second kappa shape index (κ2) is 7.85. The Kier molecular flexibility index (Phi) is 6.04. The third-order valence-electron chi connectivity index (χ3n) is 4.19. The van der Waals surface area contributed by atoms with Gasteiger partial charge in [0, 0.05) is 32.1 Å². The monoisotopic (exact) mass is 362 g/mol. The largest absolute Gasteiger partial charge is 0.405 e. The number of amides is 2. The number of carbonyl (C=O) groups is 2. The van der Waals surface area contributed by atoms with E-state index in [9.17, 15) is 22.8 Å². The number of piperidine rings is 1. The summed E-state index contributed by atoms with van der Waals surface area (Å²) in [4.78, 5) is 26.1. The summed E-state index contributed by atoms with van der Waals surface area (Å²) in [6.45, 7) is 1.22. The van der Waals surface area contributed by atoms with Crippen LogP contribution < -0.4 is 5.32 Å². The summed E-state index contributed by atoms with van der Waals surface area (Å²) in [6, 6.07) is 1.60. The Labute approximate surface area is 143 Å². The van der Waals surface area contributed by atoms with Gasteiger partial charge >= 0.3 is 6.18 Å². The number of alkyl halides is 3. The smallest absolute Gasteiger partial charge is 0.372 e. The highest BCUT2D eigenvalue weighted by molar-refractivity contribution is 5.85. The summed E-state index contributed by atoms with van der Waals surface area (Å²) in [6.07, 6.45) is -1.13. The SMILES string of the molecule is CCOCC(=O)N1CCC(C(=O)NCC(F)(F)F)(n2cccn2)CC1. The van der Waals surface area contributed by atoms with Crippen LogP contribution in [0.4, 0.5) is 13.2 Å². The summed E-state index contributed by atoms with van der Waals surface area (Å²) in [5.74, 6) is -0.947. The van der Waals surface area contributed by atoms with Crippen molar-refractivity contribution < 1.29 is 27.5 Å². The fourth-order valence-electron chi connectivity index (χ4n) is 2.83. The predicted octanol–water partition coefficient (Wildman–Crippen LogP) is 0.916. The molecule has 1 aromatic rings. The van der Waals surface area contributed by atoms with Crippen molar-refractivity contribution in [2.24, 2.45) is 0 Å². The van der Waals surface area contributed by atoms with Gasteiger partial charge in [0.15, 0.2) is 0 Å². The van der Waals surface area contributed by atoms with Crippen LogP contribution in [0.5, 0.6) is 0 Å². The molecule has 0 radical (unpaired) electrons. The van der Waals surface area contributed by atoms with Gasteiger partial charge in [-0.15, -0.1) is 0 Å². The molecule has 10 heteroatoms. The maximum absolute atomic E-state index is 12.5. The second-order valence-electron chi connectivity index (χ2n) is 5.80. The normalized spacial score (nSPS) is 17.4. The van der Waals surface area contributed by atoms with Gasteiger partial charge < -0.3 is 15.0 Å². The van der Waals surface area contributed by atoms with Gasteiger partial charge in [0.25, 0.3) is 0 Å². The lowest BCUT2D eigenvalue weighted by Crippen LogP contribution is -2.57. The standard InChI is InChI=1S/C15H21F3N4O3/c1-2-25-10-12(23)21-8-4-14(5-9-21,22-7-3-6-20-22)13(24)19-11-15(16,17)18/h3,6-7H,2,4-5,8-11H2,1H3,(H,19,24). The van der Waals surface area contributed by atoms with Crippen LogP contribution in [-0.2, 0) is 19.9 Å². The van der Waals surface area contributed by atoms with Gasteiger partial charge in [-0.05, 0) is 25.8 Å². The Bertz CT molecular complexity index is 581. The van der Waals surface area contributed by atoms with Gasteiger partial charge in [0.05, 0.1) is 0 Å². The van der Waals surface area contributed by atoms with Crippen LogP contribution in [-0.4, -0.2) is 65.5 Å². The number of halogens is 3. The van der Waals surface area contributed by atoms with E-state index in [-0.39, 0.29) is 38.4 Å². The number of hydrogen-bond acceptors (Lipinski definition) is 4. The fraction of sp³-hybridized carbons (Fsp3) is 0.667. The van der Waals surface area contributed by atoms with Crippen LogP contribution in [0.15, 0.2) is 18.5 Å². The molecule has 0 aromatic carbocycles. The zero-order valence-electron chi connectivity index (χ0n) is 13.9. The van der Waals surface area contributed by atoms with Crippen LogP contribution in [0.25, 0.3) is 0 Å². The van der Waals surface area contributed by atoms with Crippen molar-refractivity contribution in [1.29, 1.82) is 0 Å². The van der Waals surface area contributed by atoms with E-state index in [2.05, 4.69) is 5.10 Å². The number of carbonyl (C=O) groups excluding carboxylic acids is 2. The molecule has 140 valence electrons. The van der Waals surface area contributed by atoms with Crippen molar-refractivity contribution >= 4 is 11.8 Å². The molecule has 0 atom stereocenters. The average Bonchev–Trinajstić information content (AvgIpc) is 3.12. The number of hydrogen-bond donors (Lipinski definition) is 1. The van der Waals surface area contributed by atoms with E-state index in [1.54, 1.807) is 24.1 Å². The predicted molar refractivity (Wildman–Crippen MR) is 81.6 cm³/mol. The van der Waals surface area contributed by atoms with Gasteiger partial charge in [-0.3, -0.25) is 14.3 Å². The van der Waals surface area contributed by atoms with Crippen molar-refractivity contribution in [3.63, 3.8) is 0 Å². The summed E-state index contributed by atoms with van der Waals surface area (Å²) >= 11 is 0. The molecule has 1 saturated heterocycles. The van der Waals surface area contributed by atoms with E-state index in [0.717, 1.165) is 0 Å². The Morgan fingerprint density at radius 1 is 1.32 bits per heavy atom. The van der Waals surface area contributed by atoms with E-state index in [1.165, 1.54) is 10.9 Å². The van der Waals surface area contributed by atoms with Gasteiger partial charge in [0.2, 0.25) is 11.8 Å². The zero-order valence-corrected chi connectivity index (χ0v) is 13.9. The molecule has 1 aromatic heterocycles. The van der Waals surface area contributed by atoms with Crippen molar-refractivity contribution in [2.45, 2.75) is 31.5 Å². The molecule has 1 aliphatic rings. The third-order valence-corrected chi connectivity index (χ3v) is 4.19. The minimum Gasteiger partial charge on any atom is -0.372 e. The number of nitrogens with one attached hydrogen (secondary N) is 1.